The predicted octanol–water partition coefficient (Wildman–Crippen LogP) is 0.631. The van der Waals surface area contributed by atoms with Gasteiger partial charge in [0, 0.05) is 23.7 Å². The molecular weight excluding hydrogens is 263 g/mol. The number of urea groups is 1. The minimum Gasteiger partial charge on any atom is -0.394 e. The topological polar surface area (TPSA) is 81.6 Å². The van der Waals surface area contributed by atoms with E-state index < -0.39 is 24.6 Å². The second kappa shape index (κ2) is 7.15. The van der Waals surface area contributed by atoms with Gasteiger partial charge in [0.2, 0.25) is 0 Å². The van der Waals surface area contributed by atoms with Crippen molar-refractivity contribution in [1.29, 1.82) is 0 Å². The van der Waals surface area contributed by atoms with Crippen LogP contribution in [-0.2, 0) is 6.54 Å². The van der Waals surface area contributed by atoms with Crippen LogP contribution >= 0.6 is 11.6 Å². The Morgan fingerprint density at radius 2 is 2.17 bits per heavy atom. The number of halogens is 2. The molecule has 1 atom stereocenters. The Hall–Kier alpha value is -1.37. The summed E-state index contributed by atoms with van der Waals surface area (Å²) >= 11 is 5.78. The van der Waals surface area contributed by atoms with Crippen molar-refractivity contribution in [3.63, 3.8) is 0 Å². The lowest BCUT2D eigenvalue weighted by atomic mass is 10.2. The van der Waals surface area contributed by atoms with Gasteiger partial charge >= 0.3 is 6.03 Å². The van der Waals surface area contributed by atoms with Gasteiger partial charge in [-0.15, -0.1) is 0 Å². The molecule has 0 aromatic heterocycles. The van der Waals surface area contributed by atoms with E-state index in [1.807, 2.05) is 0 Å². The van der Waals surface area contributed by atoms with E-state index >= 15 is 0 Å². The molecule has 1 aromatic rings. The number of aliphatic hydroxyl groups excluding tert-OH is 2. The summed E-state index contributed by atoms with van der Waals surface area (Å²) in [5.41, 5.74) is 0.192. The predicted molar refractivity (Wildman–Crippen MR) is 64.7 cm³/mol. The van der Waals surface area contributed by atoms with E-state index in [1.54, 1.807) is 0 Å². The van der Waals surface area contributed by atoms with Crippen LogP contribution in [0.2, 0.25) is 5.02 Å². The molecule has 1 aromatic carbocycles. The lowest BCUT2D eigenvalue weighted by Gasteiger charge is -2.11. The van der Waals surface area contributed by atoms with Crippen LogP contribution in [0.3, 0.4) is 0 Å². The molecular formula is C11H14ClFN2O3. The molecule has 0 fully saturated rings. The summed E-state index contributed by atoms with van der Waals surface area (Å²) in [6.07, 6.45) is -1.02. The van der Waals surface area contributed by atoms with Gasteiger partial charge in [0.1, 0.15) is 5.82 Å². The highest BCUT2D eigenvalue weighted by atomic mass is 35.5. The summed E-state index contributed by atoms with van der Waals surface area (Å²) in [5, 5.41) is 22.5. The molecule has 0 saturated heterocycles. The van der Waals surface area contributed by atoms with Crippen molar-refractivity contribution >= 4 is 17.6 Å². The van der Waals surface area contributed by atoms with E-state index in [9.17, 15) is 9.18 Å². The summed E-state index contributed by atoms with van der Waals surface area (Å²) in [6, 6.07) is 3.66. The SMILES string of the molecule is O=C(NCc1c(F)cccc1Cl)NC[C@@H](O)CO. The molecule has 1 rings (SSSR count). The van der Waals surface area contributed by atoms with Gasteiger partial charge in [0.15, 0.2) is 0 Å². The maximum Gasteiger partial charge on any atom is 0.315 e. The van der Waals surface area contributed by atoms with Crippen LogP contribution in [-0.4, -0.2) is 35.5 Å². The number of carbonyl (C=O) groups excluding carboxylic acids is 1. The Bertz CT molecular complexity index is 397. The lowest BCUT2D eigenvalue weighted by molar-refractivity contribution is 0.0959. The highest BCUT2D eigenvalue weighted by molar-refractivity contribution is 6.31. The van der Waals surface area contributed by atoms with Gasteiger partial charge < -0.3 is 20.8 Å². The highest BCUT2D eigenvalue weighted by Gasteiger charge is 2.09. The summed E-state index contributed by atoms with van der Waals surface area (Å²) < 4.78 is 13.3. The lowest BCUT2D eigenvalue weighted by Crippen LogP contribution is -2.40. The zero-order valence-electron chi connectivity index (χ0n) is 9.49. The van der Waals surface area contributed by atoms with Crippen LogP contribution in [0.4, 0.5) is 9.18 Å². The van der Waals surface area contributed by atoms with Crippen LogP contribution in [0, 0.1) is 5.82 Å². The molecule has 0 aliphatic carbocycles. The van der Waals surface area contributed by atoms with Gasteiger partial charge in [-0.2, -0.15) is 0 Å². The van der Waals surface area contributed by atoms with E-state index in [0.717, 1.165) is 0 Å². The minimum atomic E-state index is -1.02. The molecule has 18 heavy (non-hydrogen) atoms. The van der Waals surface area contributed by atoms with Crippen molar-refractivity contribution in [2.45, 2.75) is 12.6 Å². The zero-order chi connectivity index (χ0) is 13.5. The van der Waals surface area contributed by atoms with Gasteiger partial charge in [0.05, 0.1) is 12.7 Å². The normalized spacial score (nSPS) is 12.0. The molecule has 7 heteroatoms. The summed E-state index contributed by atoms with van der Waals surface area (Å²) in [4.78, 5) is 11.3. The van der Waals surface area contributed by atoms with Gasteiger partial charge in [-0.1, -0.05) is 17.7 Å². The van der Waals surface area contributed by atoms with Gasteiger partial charge in [-0.25, -0.2) is 9.18 Å². The number of hydrogen-bond acceptors (Lipinski definition) is 3. The minimum absolute atomic E-state index is 0.0629. The molecule has 0 saturated carbocycles. The molecule has 100 valence electrons. The van der Waals surface area contributed by atoms with E-state index in [4.69, 9.17) is 21.8 Å². The van der Waals surface area contributed by atoms with E-state index in [2.05, 4.69) is 10.6 Å². The van der Waals surface area contributed by atoms with Crippen molar-refractivity contribution in [1.82, 2.24) is 10.6 Å². The van der Waals surface area contributed by atoms with Crippen LogP contribution < -0.4 is 10.6 Å². The fraction of sp³-hybridized carbons (Fsp3) is 0.364. The number of benzene rings is 1. The third-order valence-electron chi connectivity index (χ3n) is 2.20. The summed E-state index contributed by atoms with van der Waals surface area (Å²) in [5.74, 6) is -0.502. The largest absolute Gasteiger partial charge is 0.394 e. The van der Waals surface area contributed by atoms with Gasteiger partial charge in [-0.3, -0.25) is 0 Å². The van der Waals surface area contributed by atoms with Crippen molar-refractivity contribution in [3.8, 4) is 0 Å². The molecule has 0 aliphatic heterocycles. The average molecular weight is 277 g/mol. The van der Waals surface area contributed by atoms with Crippen molar-refractivity contribution in [2.24, 2.45) is 0 Å². The molecule has 0 unspecified atom stereocenters. The first-order chi connectivity index (χ1) is 8.54. The zero-order valence-corrected chi connectivity index (χ0v) is 10.2. The van der Waals surface area contributed by atoms with Crippen LogP contribution in [0.1, 0.15) is 5.56 Å². The third kappa shape index (κ3) is 4.48. The molecule has 5 nitrogen and oxygen atoms in total. The van der Waals surface area contributed by atoms with Crippen molar-refractivity contribution < 1.29 is 19.4 Å². The van der Waals surface area contributed by atoms with Gasteiger partial charge in [-0.05, 0) is 12.1 Å². The fourth-order valence-electron chi connectivity index (χ4n) is 1.21. The van der Waals surface area contributed by atoms with E-state index in [0.29, 0.717) is 0 Å². The van der Waals surface area contributed by atoms with Crippen LogP contribution in [0.25, 0.3) is 0 Å². The first kappa shape index (κ1) is 14.7. The molecule has 0 bridgehead atoms. The molecule has 0 radical (unpaired) electrons. The second-order valence-corrected chi connectivity index (χ2v) is 4.01. The number of rotatable bonds is 5. The Morgan fingerprint density at radius 1 is 1.44 bits per heavy atom. The summed E-state index contributed by atoms with van der Waals surface area (Å²) in [6.45, 7) is -0.598. The number of nitrogens with one attached hydrogen (secondary N) is 2. The quantitative estimate of drug-likeness (QED) is 0.637. The van der Waals surface area contributed by atoms with Crippen molar-refractivity contribution in [2.75, 3.05) is 13.2 Å². The number of amides is 2. The first-order valence-electron chi connectivity index (χ1n) is 5.28. The average Bonchev–Trinajstić information content (AvgIpc) is 2.35. The van der Waals surface area contributed by atoms with Crippen molar-refractivity contribution in [3.05, 3.63) is 34.6 Å². The monoisotopic (exact) mass is 276 g/mol. The standard InChI is InChI=1S/C11H14ClFN2O3/c12-9-2-1-3-10(13)8(9)5-15-11(18)14-4-7(17)6-16/h1-3,7,16-17H,4-6H2,(H2,14,15,18)/t7-/m1/s1. The molecule has 4 N–H and O–H groups in total. The molecule has 0 spiro atoms. The number of carbonyl (C=O) groups is 1. The van der Waals surface area contributed by atoms with E-state index in [1.165, 1.54) is 18.2 Å². The first-order valence-corrected chi connectivity index (χ1v) is 5.66. The third-order valence-corrected chi connectivity index (χ3v) is 2.55. The summed E-state index contributed by atoms with van der Waals surface area (Å²) in [7, 11) is 0. The van der Waals surface area contributed by atoms with E-state index in [-0.39, 0.29) is 23.7 Å². The van der Waals surface area contributed by atoms with Gasteiger partial charge in [0.25, 0.3) is 0 Å². The molecule has 2 amide bonds. The van der Waals surface area contributed by atoms with Crippen LogP contribution in [0.15, 0.2) is 18.2 Å². The number of hydrogen-bond donors (Lipinski definition) is 4. The molecule has 0 aliphatic rings. The van der Waals surface area contributed by atoms with Crippen LogP contribution in [0.5, 0.6) is 0 Å². The number of aliphatic hydroxyl groups is 2. The maximum absolute atomic E-state index is 13.3. The Balaban J connectivity index is 2.43. The second-order valence-electron chi connectivity index (χ2n) is 3.60. The maximum atomic E-state index is 13.3. The highest BCUT2D eigenvalue weighted by Crippen LogP contribution is 2.18. The Labute approximate surface area is 109 Å². The Morgan fingerprint density at radius 3 is 2.78 bits per heavy atom. The Kier molecular flexibility index (Phi) is 5.84. The molecule has 0 heterocycles. The smallest absolute Gasteiger partial charge is 0.315 e. The fourth-order valence-corrected chi connectivity index (χ4v) is 1.44.